The van der Waals surface area contributed by atoms with Crippen molar-refractivity contribution in [1.82, 2.24) is 0 Å². The Morgan fingerprint density at radius 2 is 0.811 bits per heavy atom. The first kappa shape index (κ1) is 34.5. The van der Waals surface area contributed by atoms with E-state index in [-0.39, 0.29) is 0 Å². The first-order valence-corrected chi connectivity index (χ1v) is 19.2. The lowest BCUT2D eigenvalue weighted by atomic mass is 9.84. The number of aryl methyl sites for hydroxylation is 5. The monoisotopic (exact) mass is 690 g/mol. The number of hydrogen-bond acceptors (Lipinski definition) is 2. The summed E-state index contributed by atoms with van der Waals surface area (Å²) in [5.74, 6) is 0.663. The van der Waals surface area contributed by atoms with Gasteiger partial charge in [-0.2, -0.15) is 0 Å². The van der Waals surface area contributed by atoms with E-state index in [1.54, 1.807) is 0 Å². The van der Waals surface area contributed by atoms with E-state index in [1.807, 2.05) is 0 Å². The van der Waals surface area contributed by atoms with Gasteiger partial charge in [0.1, 0.15) is 0 Å². The van der Waals surface area contributed by atoms with Crippen molar-refractivity contribution in [2.45, 2.75) is 74.1 Å². The van der Waals surface area contributed by atoms with E-state index in [9.17, 15) is 0 Å². The highest BCUT2D eigenvalue weighted by Crippen LogP contribution is 2.51. The SMILES string of the molecule is Cc1ccc(N(c2cccc(C)c2)c2cc(C(C)C)c3ccc4c(N(c5ccc(C)cc5)c5cc(C)ccc5C)cc(C(C)C)c5ccc2c3c54)cc1. The van der Waals surface area contributed by atoms with Gasteiger partial charge >= 0.3 is 0 Å². The van der Waals surface area contributed by atoms with E-state index in [1.165, 1.54) is 99.7 Å². The third-order valence-electron chi connectivity index (χ3n) is 11.1. The molecule has 0 saturated heterocycles. The second-order valence-electron chi connectivity index (χ2n) is 15.8. The first-order chi connectivity index (χ1) is 25.5. The molecule has 8 aromatic rings. The lowest BCUT2D eigenvalue weighted by Gasteiger charge is -2.32. The third-order valence-corrected chi connectivity index (χ3v) is 11.1. The Kier molecular flexibility index (Phi) is 8.74. The molecule has 0 aliphatic rings. The van der Waals surface area contributed by atoms with Crippen molar-refractivity contribution >= 4 is 66.4 Å². The van der Waals surface area contributed by atoms with E-state index in [0.717, 1.165) is 5.69 Å². The predicted octanol–water partition coefficient (Wildman–Crippen LogP) is 15.3. The van der Waals surface area contributed by atoms with Gasteiger partial charge in [-0.3, -0.25) is 0 Å². The fraction of sp³-hybridized carbons (Fsp3) is 0.216. The predicted molar refractivity (Wildman–Crippen MR) is 231 cm³/mol. The average molecular weight is 691 g/mol. The molecule has 0 bridgehead atoms. The summed E-state index contributed by atoms with van der Waals surface area (Å²) in [6.07, 6.45) is 0. The molecule has 0 saturated carbocycles. The second kappa shape index (κ2) is 13.4. The van der Waals surface area contributed by atoms with Gasteiger partial charge in [0, 0.05) is 33.5 Å². The zero-order chi connectivity index (χ0) is 37.1. The molecule has 8 rings (SSSR count). The summed E-state index contributed by atoms with van der Waals surface area (Å²) >= 11 is 0. The van der Waals surface area contributed by atoms with Crippen LogP contribution in [0, 0.1) is 34.6 Å². The molecule has 264 valence electrons. The molecular weight excluding hydrogens is 641 g/mol. The maximum atomic E-state index is 2.51. The number of anilines is 6. The van der Waals surface area contributed by atoms with Gasteiger partial charge in [0.2, 0.25) is 0 Å². The molecule has 0 aliphatic carbocycles. The van der Waals surface area contributed by atoms with Crippen molar-refractivity contribution in [3.63, 3.8) is 0 Å². The van der Waals surface area contributed by atoms with Crippen LogP contribution in [-0.2, 0) is 0 Å². The molecule has 0 atom stereocenters. The highest BCUT2D eigenvalue weighted by atomic mass is 15.2. The molecule has 8 aromatic carbocycles. The van der Waals surface area contributed by atoms with Crippen LogP contribution in [0.15, 0.2) is 127 Å². The standard InChI is InChI=1S/C51H50N2/c1-31(2)45-29-48(52(38-19-14-33(5)15-20-38)40-12-10-11-35(7)27-40)43-25-23-42-46(32(3)4)30-49(44-26-24-41(45)50(43)51(42)44)53(39-21-16-34(6)17-22-39)47-28-36(8)13-18-37(47)9/h10-32H,1-9H3. The molecule has 0 unspecified atom stereocenters. The molecule has 0 heterocycles. The summed E-state index contributed by atoms with van der Waals surface area (Å²) in [5.41, 5.74) is 16.2. The van der Waals surface area contributed by atoms with Gasteiger partial charge in [-0.15, -0.1) is 0 Å². The third kappa shape index (κ3) is 6.01. The molecule has 0 fully saturated rings. The Morgan fingerprint density at radius 3 is 1.32 bits per heavy atom. The lowest BCUT2D eigenvalue weighted by Crippen LogP contribution is -2.14. The van der Waals surface area contributed by atoms with E-state index in [0.29, 0.717) is 11.8 Å². The van der Waals surface area contributed by atoms with Crippen LogP contribution in [0.5, 0.6) is 0 Å². The van der Waals surface area contributed by atoms with Crippen molar-refractivity contribution in [3.05, 3.63) is 166 Å². The normalized spacial score (nSPS) is 11.8. The fourth-order valence-electron chi connectivity index (χ4n) is 8.28. The largest absolute Gasteiger partial charge is 0.310 e. The van der Waals surface area contributed by atoms with Gasteiger partial charge in [0.05, 0.1) is 11.4 Å². The average Bonchev–Trinajstić information content (AvgIpc) is 3.14. The van der Waals surface area contributed by atoms with Crippen LogP contribution in [0.1, 0.15) is 78.5 Å². The van der Waals surface area contributed by atoms with Crippen LogP contribution in [-0.4, -0.2) is 0 Å². The molecule has 0 aliphatic heterocycles. The maximum Gasteiger partial charge on any atom is 0.0543 e. The zero-order valence-corrected chi connectivity index (χ0v) is 32.7. The number of nitrogens with zero attached hydrogens (tertiary/aromatic N) is 2. The quantitative estimate of drug-likeness (QED) is 0.146. The number of rotatable bonds is 8. The maximum absolute atomic E-state index is 2.51. The molecule has 0 amide bonds. The van der Waals surface area contributed by atoms with Crippen LogP contribution in [0.4, 0.5) is 34.1 Å². The summed E-state index contributed by atoms with van der Waals surface area (Å²) in [7, 11) is 0. The minimum absolute atomic E-state index is 0.331. The summed E-state index contributed by atoms with van der Waals surface area (Å²) in [4.78, 5) is 4.98. The topological polar surface area (TPSA) is 6.48 Å². The van der Waals surface area contributed by atoms with Crippen molar-refractivity contribution < 1.29 is 0 Å². The summed E-state index contributed by atoms with van der Waals surface area (Å²) in [5, 5.41) is 7.91. The van der Waals surface area contributed by atoms with E-state index in [4.69, 9.17) is 0 Å². The summed E-state index contributed by atoms with van der Waals surface area (Å²) < 4.78 is 0. The number of hydrogen-bond donors (Lipinski definition) is 0. The van der Waals surface area contributed by atoms with Gasteiger partial charge in [-0.05, 0) is 150 Å². The van der Waals surface area contributed by atoms with Crippen LogP contribution < -0.4 is 9.80 Å². The van der Waals surface area contributed by atoms with Crippen molar-refractivity contribution in [3.8, 4) is 0 Å². The minimum Gasteiger partial charge on any atom is -0.310 e. The molecule has 0 N–H and O–H groups in total. The van der Waals surface area contributed by atoms with Crippen molar-refractivity contribution in [1.29, 1.82) is 0 Å². The Bertz CT molecular complexity index is 2610. The zero-order valence-electron chi connectivity index (χ0n) is 32.7. The van der Waals surface area contributed by atoms with Crippen molar-refractivity contribution in [2.75, 3.05) is 9.80 Å². The Labute approximate surface area is 315 Å². The van der Waals surface area contributed by atoms with Crippen LogP contribution in [0.25, 0.3) is 32.3 Å². The minimum atomic E-state index is 0.331. The highest BCUT2D eigenvalue weighted by Gasteiger charge is 2.26. The molecular formula is C51H50N2. The second-order valence-corrected chi connectivity index (χ2v) is 15.8. The molecule has 2 heteroatoms. The first-order valence-electron chi connectivity index (χ1n) is 19.2. The van der Waals surface area contributed by atoms with Gasteiger partial charge in [-0.25, -0.2) is 0 Å². The molecule has 53 heavy (non-hydrogen) atoms. The summed E-state index contributed by atoms with van der Waals surface area (Å²) in [6.45, 7) is 20.3. The molecule has 0 aromatic heterocycles. The lowest BCUT2D eigenvalue weighted by molar-refractivity contribution is 0.875. The molecule has 0 radical (unpaired) electrons. The highest BCUT2D eigenvalue weighted by molar-refractivity contribution is 6.29. The van der Waals surface area contributed by atoms with Crippen LogP contribution in [0.2, 0.25) is 0 Å². The Hall–Kier alpha value is -5.60. The van der Waals surface area contributed by atoms with Crippen LogP contribution in [0.3, 0.4) is 0 Å². The van der Waals surface area contributed by atoms with E-state index in [2.05, 4.69) is 200 Å². The number of benzene rings is 8. The van der Waals surface area contributed by atoms with Crippen LogP contribution >= 0.6 is 0 Å². The van der Waals surface area contributed by atoms with Crippen molar-refractivity contribution in [2.24, 2.45) is 0 Å². The molecule has 2 nitrogen and oxygen atoms in total. The Morgan fingerprint density at radius 1 is 0.358 bits per heavy atom. The van der Waals surface area contributed by atoms with Gasteiger partial charge < -0.3 is 9.80 Å². The smallest absolute Gasteiger partial charge is 0.0543 e. The van der Waals surface area contributed by atoms with Gasteiger partial charge in [0.25, 0.3) is 0 Å². The fourth-order valence-corrected chi connectivity index (χ4v) is 8.28. The summed E-state index contributed by atoms with van der Waals surface area (Å²) in [6, 6.07) is 48.3. The van der Waals surface area contributed by atoms with Gasteiger partial charge in [0.15, 0.2) is 0 Å². The Balaban J connectivity index is 1.53. The van der Waals surface area contributed by atoms with Gasteiger partial charge in [-0.1, -0.05) is 112 Å². The molecule has 0 spiro atoms. The van der Waals surface area contributed by atoms with E-state index < -0.39 is 0 Å². The van der Waals surface area contributed by atoms with E-state index >= 15 is 0 Å².